The summed E-state index contributed by atoms with van der Waals surface area (Å²) >= 11 is 0. The number of pyridine rings is 1. The molecule has 1 N–H and O–H groups in total. The van der Waals surface area contributed by atoms with Gasteiger partial charge >= 0.3 is 0 Å². The molecular weight excluding hydrogens is 400 g/mol. The van der Waals surface area contributed by atoms with E-state index in [9.17, 15) is 4.79 Å². The summed E-state index contributed by atoms with van der Waals surface area (Å²) < 4.78 is 7.37. The normalized spacial score (nSPS) is 19.7. The fourth-order valence-electron chi connectivity index (χ4n) is 3.94. The molecule has 2 aliphatic rings. The first-order valence-electron chi connectivity index (χ1n) is 10.6. The highest BCUT2D eigenvalue weighted by Crippen LogP contribution is 2.34. The second kappa shape index (κ2) is 11.0. The molecule has 0 aromatic carbocycles. The zero-order chi connectivity index (χ0) is 22.2. The van der Waals surface area contributed by atoms with Crippen molar-refractivity contribution in [2.45, 2.75) is 32.9 Å². The third kappa shape index (κ3) is 5.45. The number of hydrogen-bond donors (Lipinski definition) is 1. The van der Waals surface area contributed by atoms with Gasteiger partial charge in [0.15, 0.2) is 11.6 Å². The monoisotopic (exact) mass is 430 g/mol. The van der Waals surface area contributed by atoms with Crippen molar-refractivity contribution >= 4 is 12.4 Å². The number of morpholine rings is 1. The van der Waals surface area contributed by atoms with E-state index in [2.05, 4.69) is 23.7 Å². The van der Waals surface area contributed by atoms with Crippen LogP contribution in [0.5, 0.6) is 0 Å². The Morgan fingerprint density at radius 1 is 1.32 bits per heavy atom. The van der Waals surface area contributed by atoms with Crippen molar-refractivity contribution in [3.8, 4) is 11.4 Å². The highest BCUT2D eigenvalue weighted by molar-refractivity contribution is 5.79. The summed E-state index contributed by atoms with van der Waals surface area (Å²) in [6.45, 7) is 8.91. The predicted octanol–water partition coefficient (Wildman–Crippen LogP) is 1.30. The number of aromatic nitrogens is 4. The molecule has 4 rings (SSSR count). The van der Waals surface area contributed by atoms with Gasteiger partial charge in [-0.05, 0) is 18.1 Å². The summed E-state index contributed by atoms with van der Waals surface area (Å²) in [5, 5.41) is 11.6. The lowest BCUT2D eigenvalue weighted by Crippen LogP contribution is -2.50. The Morgan fingerprint density at radius 3 is 2.71 bits per heavy atom. The van der Waals surface area contributed by atoms with Crippen LogP contribution in [-0.2, 0) is 20.9 Å². The second-order valence-corrected chi connectivity index (χ2v) is 7.67. The van der Waals surface area contributed by atoms with Gasteiger partial charge in [-0.3, -0.25) is 19.5 Å². The van der Waals surface area contributed by atoms with Crippen molar-refractivity contribution in [1.82, 2.24) is 29.5 Å². The van der Waals surface area contributed by atoms with Gasteiger partial charge in [-0.25, -0.2) is 9.67 Å². The van der Waals surface area contributed by atoms with E-state index in [0.29, 0.717) is 44.6 Å². The van der Waals surface area contributed by atoms with Gasteiger partial charge in [0, 0.05) is 37.6 Å². The Labute approximate surface area is 181 Å². The van der Waals surface area contributed by atoms with E-state index in [1.54, 1.807) is 12.4 Å². The number of carbonyl (C=O) groups excluding carboxylic acids is 1. The number of carbonyl (C=O) groups is 2. The van der Waals surface area contributed by atoms with E-state index in [1.165, 1.54) is 0 Å². The average Bonchev–Trinajstić information content (AvgIpc) is 3.24. The van der Waals surface area contributed by atoms with Crippen molar-refractivity contribution in [2.75, 3.05) is 39.4 Å². The predicted molar refractivity (Wildman–Crippen MR) is 113 cm³/mol. The Balaban J connectivity index is 0.000000858. The molecule has 0 radical (unpaired) electrons. The average molecular weight is 431 g/mol. The zero-order valence-electron chi connectivity index (χ0n) is 18.1. The molecule has 1 fully saturated rings. The van der Waals surface area contributed by atoms with E-state index >= 15 is 0 Å². The molecule has 2 aliphatic heterocycles. The molecular formula is C21H30N6O4. The Kier molecular flexibility index (Phi) is 8.07. The van der Waals surface area contributed by atoms with Crippen LogP contribution in [-0.4, -0.2) is 86.4 Å². The molecule has 31 heavy (non-hydrogen) atoms. The number of nitrogens with zero attached hydrogens (tertiary/aromatic N) is 6. The maximum atomic E-state index is 13.2. The minimum absolute atomic E-state index is 0.0507. The third-order valence-electron chi connectivity index (χ3n) is 5.74. The summed E-state index contributed by atoms with van der Waals surface area (Å²) in [5.41, 5.74) is 0.901. The molecule has 4 heterocycles. The summed E-state index contributed by atoms with van der Waals surface area (Å²) in [5.74, 6) is 2.04. The highest BCUT2D eigenvalue weighted by atomic mass is 16.5. The topological polar surface area (TPSA) is 114 Å². The fourth-order valence-corrected chi connectivity index (χ4v) is 3.94. The lowest BCUT2D eigenvalue weighted by Gasteiger charge is -2.39. The van der Waals surface area contributed by atoms with E-state index in [1.807, 2.05) is 21.7 Å². The van der Waals surface area contributed by atoms with Crippen molar-refractivity contribution < 1.29 is 19.4 Å². The molecule has 10 heteroatoms. The minimum Gasteiger partial charge on any atom is -0.483 e. The maximum absolute atomic E-state index is 13.2. The minimum atomic E-state index is -0.250. The largest absolute Gasteiger partial charge is 0.483 e. The molecule has 2 aromatic rings. The van der Waals surface area contributed by atoms with Gasteiger partial charge in [0.2, 0.25) is 5.91 Å². The van der Waals surface area contributed by atoms with Crippen LogP contribution in [0.15, 0.2) is 24.5 Å². The fraction of sp³-hybridized carbons (Fsp3) is 0.571. The van der Waals surface area contributed by atoms with Gasteiger partial charge in [0.25, 0.3) is 6.47 Å². The molecule has 0 aliphatic carbocycles. The standard InChI is InChI=1S/C20H28N6O2.CH2O2/c1-3-15(2)18-20-22-19(16-5-4-6-21-13-16)23-26(20)8-7-25(18)17(27)14-24-9-11-28-12-10-24;2-1-3/h4-6,13,15,18H,3,7-12,14H2,1-2H3;1H,(H,2,3)/t15-,18-;/m0./s1. The van der Waals surface area contributed by atoms with Gasteiger partial charge in [-0.15, -0.1) is 0 Å². The summed E-state index contributed by atoms with van der Waals surface area (Å²) in [4.78, 5) is 34.7. The first-order chi connectivity index (χ1) is 15.1. The van der Waals surface area contributed by atoms with Crippen LogP contribution in [0, 0.1) is 5.92 Å². The number of ether oxygens (including phenoxy) is 1. The van der Waals surface area contributed by atoms with Crippen LogP contribution in [0.25, 0.3) is 11.4 Å². The molecule has 168 valence electrons. The molecule has 0 saturated carbocycles. The number of rotatable bonds is 5. The van der Waals surface area contributed by atoms with E-state index in [4.69, 9.17) is 24.7 Å². The van der Waals surface area contributed by atoms with Crippen molar-refractivity contribution in [3.63, 3.8) is 0 Å². The Hall–Kier alpha value is -2.85. The highest BCUT2D eigenvalue weighted by Gasteiger charge is 2.37. The van der Waals surface area contributed by atoms with Gasteiger partial charge in [0.05, 0.1) is 32.3 Å². The molecule has 0 unspecified atom stereocenters. The van der Waals surface area contributed by atoms with E-state index < -0.39 is 0 Å². The number of fused-ring (bicyclic) bond motifs is 1. The zero-order valence-corrected chi connectivity index (χ0v) is 18.1. The summed E-state index contributed by atoms with van der Waals surface area (Å²) in [7, 11) is 0. The number of amides is 1. The lowest BCUT2D eigenvalue weighted by atomic mass is 9.95. The Morgan fingerprint density at radius 2 is 2.06 bits per heavy atom. The number of hydrogen-bond acceptors (Lipinski definition) is 7. The van der Waals surface area contributed by atoms with Crippen LogP contribution < -0.4 is 0 Å². The first kappa shape index (κ1) is 22.8. The van der Waals surface area contributed by atoms with Gasteiger partial charge in [-0.2, -0.15) is 5.10 Å². The van der Waals surface area contributed by atoms with Crippen LogP contribution in [0.1, 0.15) is 32.1 Å². The van der Waals surface area contributed by atoms with Crippen LogP contribution in [0.4, 0.5) is 0 Å². The van der Waals surface area contributed by atoms with E-state index in [-0.39, 0.29) is 18.4 Å². The van der Waals surface area contributed by atoms with Gasteiger partial charge < -0.3 is 14.7 Å². The molecule has 10 nitrogen and oxygen atoms in total. The lowest BCUT2D eigenvalue weighted by molar-refractivity contribution is -0.138. The molecule has 0 bridgehead atoms. The Bertz CT molecular complexity index is 853. The van der Waals surface area contributed by atoms with Crippen LogP contribution in [0.2, 0.25) is 0 Å². The third-order valence-corrected chi connectivity index (χ3v) is 5.74. The molecule has 1 amide bonds. The first-order valence-corrected chi connectivity index (χ1v) is 10.6. The van der Waals surface area contributed by atoms with Crippen molar-refractivity contribution in [1.29, 1.82) is 0 Å². The van der Waals surface area contributed by atoms with Gasteiger partial charge in [0.1, 0.15) is 0 Å². The SMILES string of the molecule is CC[C@H](C)[C@H]1c2nc(-c3cccnc3)nn2CCN1C(=O)CN1CCOCC1.O=CO. The maximum Gasteiger partial charge on any atom is 0.290 e. The van der Waals surface area contributed by atoms with Gasteiger partial charge in [-0.1, -0.05) is 20.3 Å². The van der Waals surface area contributed by atoms with Crippen molar-refractivity contribution in [3.05, 3.63) is 30.4 Å². The van der Waals surface area contributed by atoms with Crippen LogP contribution in [0.3, 0.4) is 0 Å². The summed E-state index contributed by atoms with van der Waals surface area (Å²) in [6, 6.07) is 3.80. The second-order valence-electron chi connectivity index (χ2n) is 7.67. The van der Waals surface area contributed by atoms with Crippen LogP contribution >= 0.6 is 0 Å². The number of carboxylic acid groups (broad SMARTS) is 1. The van der Waals surface area contributed by atoms with Crippen molar-refractivity contribution in [2.24, 2.45) is 5.92 Å². The molecule has 2 aromatic heterocycles. The smallest absolute Gasteiger partial charge is 0.290 e. The summed E-state index contributed by atoms with van der Waals surface area (Å²) in [6.07, 6.45) is 4.50. The molecule has 0 spiro atoms. The molecule has 2 atom stereocenters. The van der Waals surface area contributed by atoms with E-state index in [0.717, 1.165) is 30.9 Å². The molecule has 1 saturated heterocycles. The quantitative estimate of drug-likeness (QED) is 0.706.